The van der Waals surface area contributed by atoms with Crippen molar-refractivity contribution in [3.8, 4) is 0 Å². The van der Waals surface area contributed by atoms with Gasteiger partial charge in [0.1, 0.15) is 0 Å². The van der Waals surface area contributed by atoms with Crippen molar-refractivity contribution in [1.29, 1.82) is 0 Å². The lowest BCUT2D eigenvalue weighted by molar-refractivity contribution is -0.130. The van der Waals surface area contributed by atoms with Crippen LogP contribution in [0, 0.1) is 0 Å². The second-order valence-corrected chi connectivity index (χ2v) is 7.35. The zero-order valence-electron chi connectivity index (χ0n) is 14.0. The molecule has 1 aliphatic rings. The van der Waals surface area contributed by atoms with E-state index in [4.69, 9.17) is 0 Å². The van der Waals surface area contributed by atoms with Crippen molar-refractivity contribution < 1.29 is 18.0 Å². The van der Waals surface area contributed by atoms with Crippen LogP contribution in [0.25, 0.3) is 0 Å². The van der Waals surface area contributed by atoms with Gasteiger partial charge in [0.15, 0.2) is 0 Å². The average molecular weight is 353 g/mol. The molecule has 0 atom stereocenters. The molecule has 1 aliphatic heterocycles. The van der Waals surface area contributed by atoms with Gasteiger partial charge in [0.05, 0.1) is 4.90 Å². The number of fused-ring (bicyclic) bond motifs is 1. The normalized spacial score (nSPS) is 14.0. The Morgan fingerprint density at radius 3 is 2.62 bits per heavy atom. The van der Waals surface area contributed by atoms with E-state index >= 15 is 0 Å². The maximum Gasteiger partial charge on any atom is 0.240 e. The largest absolute Gasteiger partial charge is 0.343 e. The Labute approximate surface area is 142 Å². The minimum absolute atomic E-state index is 0.0610. The summed E-state index contributed by atoms with van der Waals surface area (Å²) in [5.74, 6) is -0.137. The molecule has 0 spiro atoms. The molecule has 0 aliphatic carbocycles. The van der Waals surface area contributed by atoms with Gasteiger partial charge in [-0.3, -0.25) is 9.59 Å². The molecule has 1 aromatic rings. The van der Waals surface area contributed by atoms with Gasteiger partial charge >= 0.3 is 0 Å². The number of hydrogen-bond donors (Lipinski definition) is 2. The van der Waals surface area contributed by atoms with Crippen molar-refractivity contribution in [3.63, 3.8) is 0 Å². The van der Waals surface area contributed by atoms with Crippen LogP contribution in [0.2, 0.25) is 0 Å². The Bertz CT molecular complexity index is 727. The Kier molecular flexibility index (Phi) is 5.95. The van der Waals surface area contributed by atoms with Crippen molar-refractivity contribution in [3.05, 3.63) is 23.8 Å². The van der Waals surface area contributed by atoms with Gasteiger partial charge in [0.25, 0.3) is 0 Å². The van der Waals surface area contributed by atoms with Gasteiger partial charge in [-0.2, -0.15) is 0 Å². The number of amides is 2. The van der Waals surface area contributed by atoms with Crippen LogP contribution >= 0.6 is 0 Å². The molecule has 7 nitrogen and oxygen atoms in total. The molecule has 24 heavy (non-hydrogen) atoms. The zero-order valence-corrected chi connectivity index (χ0v) is 14.8. The van der Waals surface area contributed by atoms with E-state index in [1.807, 2.05) is 13.8 Å². The number of benzene rings is 1. The first-order valence-electron chi connectivity index (χ1n) is 8.07. The number of nitrogens with one attached hydrogen (secondary N) is 2. The Balaban J connectivity index is 2.01. The minimum atomic E-state index is -3.68. The lowest BCUT2D eigenvalue weighted by atomic mass is 10.0. The van der Waals surface area contributed by atoms with Crippen LogP contribution in [0.3, 0.4) is 0 Å². The summed E-state index contributed by atoms with van der Waals surface area (Å²) in [6.07, 6.45) is 0.995. The van der Waals surface area contributed by atoms with Gasteiger partial charge in [-0.05, 0) is 44.0 Å². The molecule has 0 saturated heterocycles. The molecule has 2 amide bonds. The molecular formula is C16H23N3O4S. The molecule has 2 rings (SSSR count). The molecule has 0 saturated carbocycles. The van der Waals surface area contributed by atoms with Gasteiger partial charge in [0.2, 0.25) is 21.8 Å². The lowest BCUT2D eigenvalue weighted by Crippen LogP contribution is -2.34. The predicted molar refractivity (Wildman–Crippen MR) is 91.1 cm³/mol. The van der Waals surface area contributed by atoms with Crippen molar-refractivity contribution in [1.82, 2.24) is 9.62 Å². The van der Waals surface area contributed by atoms with Crippen LogP contribution in [0.1, 0.15) is 32.3 Å². The van der Waals surface area contributed by atoms with E-state index in [1.165, 1.54) is 6.07 Å². The number of sulfonamides is 1. The van der Waals surface area contributed by atoms with Gasteiger partial charge < -0.3 is 10.2 Å². The van der Waals surface area contributed by atoms with E-state index in [9.17, 15) is 18.0 Å². The Hall–Kier alpha value is -1.93. The summed E-state index contributed by atoms with van der Waals surface area (Å²) in [6, 6.07) is 4.63. The highest BCUT2D eigenvalue weighted by Crippen LogP contribution is 2.25. The summed E-state index contributed by atoms with van der Waals surface area (Å²) in [7, 11) is -3.68. The fourth-order valence-corrected chi connectivity index (χ4v) is 3.72. The SMILES string of the molecule is CCN(CC)C(=O)CCNS(=O)(=O)c1ccc2c(c1)CCC(=O)N2. The van der Waals surface area contributed by atoms with Crippen molar-refractivity contribution in [2.75, 3.05) is 25.0 Å². The maximum absolute atomic E-state index is 12.3. The Morgan fingerprint density at radius 1 is 1.25 bits per heavy atom. The number of carbonyl (C=O) groups excluding carboxylic acids is 2. The lowest BCUT2D eigenvalue weighted by Gasteiger charge is -2.19. The fraction of sp³-hybridized carbons (Fsp3) is 0.500. The van der Waals surface area contributed by atoms with Crippen LogP contribution in [0.15, 0.2) is 23.1 Å². The van der Waals surface area contributed by atoms with Crippen LogP contribution < -0.4 is 10.0 Å². The van der Waals surface area contributed by atoms with E-state index in [1.54, 1.807) is 17.0 Å². The van der Waals surface area contributed by atoms with Crippen molar-refractivity contribution in [2.24, 2.45) is 0 Å². The first kappa shape index (κ1) is 18.4. The number of nitrogens with zero attached hydrogens (tertiary/aromatic N) is 1. The summed E-state index contributed by atoms with van der Waals surface area (Å²) in [5.41, 5.74) is 1.46. The quantitative estimate of drug-likeness (QED) is 0.767. The molecule has 0 radical (unpaired) electrons. The minimum Gasteiger partial charge on any atom is -0.343 e. The second kappa shape index (κ2) is 7.76. The molecule has 1 heterocycles. The first-order chi connectivity index (χ1) is 11.4. The number of rotatable bonds is 7. The molecule has 0 bridgehead atoms. The number of carbonyl (C=O) groups is 2. The molecule has 0 unspecified atom stereocenters. The van der Waals surface area contributed by atoms with E-state index in [2.05, 4.69) is 10.0 Å². The van der Waals surface area contributed by atoms with Crippen LogP contribution in [0.4, 0.5) is 5.69 Å². The summed E-state index contributed by atoms with van der Waals surface area (Å²) in [6.45, 7) is 5.05. The van der Waals surface area contributed by atoms with Crippen molar-refractivity contribution in [2.45, 2.75) is 38.0 Å². The maximum atomic E-state index is 12.3. The smallest absolute Gasteiger partial charge is 0.240 e. The van der Waals surface area contributed by atoms with Crippen LogP contribution in [-0.4, -0.2) is 44.8 Å². The highest BCUT2D eigenvalue weighted by Gasteiger charge is 2.20. The summed E-state index contributed by atoms with van der Waals surface area (Å²) in [5, 5.41) is 2.72. The highest BCUT2D eigenvalue weighted by atomic mass is 32.2. The van der Waals surface area contributed by atoms with Gasteiger partial charge in [-0.15, -0.1) is 0 Å². The average Bonchev–Trinajstić information content (AvgIpc) is 2.55. The summed E-state index contributed by atoms with van der Waals surface area (Å²) < 4.78 is 27.2. The third-order valence-electron chi connectivity index (χ3n) is 4.03. The molecule has 132 valence electrons. The number of hydrogen-bond acceptors (Lipinski definition) is 4. The predicted octanol–water partition coefficient (Wildman–Crippen LogP) is 1.11. The monoisotopic (exact) mass is 353 g/mol. The third kappa shape index (κ3) is 4.33. The van der Waals surface area contributed by atoms with Gasteiger partial charge in [0, 0.05) is 38.2 Å². The number of aryl methyl sites for hydroxylation is 1. The fourth-order valence-electron chi connectivity index (χ4n) is 2.64. The highest BCUT2D eigenvalue weighted by molar-refractivity contribution is 7.89. The first-order valence-corrected chi connectivity index (χ1v) is 9.56. The standard InChI is InChI=1S/C16H23N3O4S/c1-3-19(4-2)16(21)9-10-17-24(22,23)13-6-7-14-12(11-13)5-8-15(20)18-14/h6-7,11,17H,3-5,8-10H2,1-2H3,(H,18,20). The molecule has 1 aromatic carbocycles. The van der Waals surface area contributed by atoms with E-state index in [-0.39, 0.29) is 29.7 Å². The second-order valence-electron chi connectivity index (χ2n) is 5.58. The van der Waals surface area contributed by atoms with Crippen LogP contribution in [0.5, 0.6) is 0 Å². The molecular weight excluding hydrogens is 330 g/mol. The van der Waals surface area contributed by atoms with E-state index in [0.29, 0.717) is 31.6 Å². The third-order valence-corrected chi connectivity index (χ3v) is 5.49. The van der Waals surface area contributed by atoms with E-state index in [0.717, 1.165) is 5.56 Å². The number of anilines is 1. The van der Waals surface area contributed by atoms with Gasteiger partial charge in [-0.25, -0.2) is 13.1 Å². The summed E-state index contributed by atoms with van der Waals surface area (Å²) in [4.78, 5) is 25.0. The van der Waals surface area contributed by atoms with Gasteiger partial charge in [-0.1, -0.05) is 0 Å². The topological polar surface area (TPSA) is 95.6 Å². The van der Waals surface area contributed by atoms with Crippen LogP contribution in [-0.2, 0) is 26.0 Å². The van der Waals surface area contributed by atoms with Crippen molar-refractivity contribution >= 4 is 27.5 Å². The molecule has 2 N–H and O–H groups in total. The molecule has 8 heteroatoms. The Morgan fingerprint density at radius 2 is 1.96 bits per heavy atom. The zero-order chi connectivity index (χ0) is 17.7. The van der Waals surface area contributed by atoms with E-state index < -0.39 is 10.0 Å². The molecule has 0 fully saturated rings. The summed E-state index contributed by atoms with van der Waals surface area (Å²) >= 11 is 0. The molecule has 0 aromatic heterocycles.